The van der Waals surface area contributed by atoms with Crippen LogP contribution in [0.1, 0.15) is 30.7 Å². The summed E-state index contributed by atoms with van der Waals surface area (Å²) in [5.74, 6) is 0.514. The fraction of sp³-hybridized carbons (Fsp3) is 0.267. The average molecular weight is 331 g/mol. The lowest BCUT2D eigenvalue weighted by molar-refractivity contribution is 0.877. The predicted molar refractivity (Wildman–Crippen MR) is 82.9 cm³/mol. The van der Waals surface area contributed by atoms with Crippen LogP contribution >= 0.6 is 15.9 Å². The maximum Gasteiger partial charge on any atom is 0.171 e. The first-order valence-corrected chi connectivity index (χ1v) is 7.30. The molecule has 0 atom stereocenters. The van der Waals surface area contributed by atoms with E-state index in [1.165, 1.54) is 0 Å². The van der Waals surface area contributed by atoms with E-state index in [0.717, 1.165) is 34.3 Å². The highest BCUT2D eigenvalue weighted by atomic mass is 79.9. The molecule has 0 radical (unpaired) electrons. The van der Waals surface area contributed by atoms with Crippen LogP contribution in [0.4, 0.5) is 11.5 Å². The Balaban J connectivity index is 2.45. The van der Waals surface area contributed by atoms with Gasteiger partial charge in [0.2, 0.25) is 0 Å². The first-order valence-electron chi connectivity index (χ1n) is 6.50. The molecule has 0 aliphatic carbocycles. The molecule has 102 valence electrons. The van der Waals surface area contributed by atoms with Gasteiger partial charge in [0, 0.05) is 10.2 Å². The third-order valence-electron chi connectivity index (χ3n) is 3.05. The van der Waals surface area contributed by atoms with Gasteiger partial charge < -0.3 is 5.32 Å². The maximum atomic E-state index is 9.42. The summed E-state index contributed by atoms with van der Waals surface area (Å²) in [6, 6.07) is 9.97. The molecule has 1 heterocycles. The van der Waals surface area contributed by atoms with Crippen molar-refractivity contribution >= 4 is 27.4 Å². The van der Waals surface area contributed by atoms with Crippen LogP contribution in [-0.2, 0) is 12.8 Å². The number of nitrogens with one attached hydrogen (secondary N) is 1. The molecule has 1 N–H and O–H groups in total. The number of rotatable bonds is 4. The van der Waals surface area contributed by atoms with Crippen molar-refractivity contribution < 1.29 is 0 Å². The monoisotopic (exact) mass is 330 g/mol. The van der Waals surface area contributed by atoms with E-state index < -0.39 is 0 Å². The number of hydrogen-bond acceptors (Lipinski definition) is 4. The molecule has 0 saturated heterocycles. The molecule has 20 heavy (non-hydrogen) atoms. The molecule has 0 spiro atoms. The maximum absolute atomic E-state index is 9.42. The summed E-state index contributed by atoms with van der Waals surface area (Å²) < 4.78 is 0.967. The zero-order chi connectivity index (χ0) is 14.5. The Morgan fingerprint density at radius 3 is 2.65 bits per heavy atom. The van der Waals surface area contributed by atoms with Crippen molar-refractivity contribution in [2.24, 2.45) is 0 Å². The molecule has 0 saturated carbocycles. The van der Waals surface area contributed by atoms with E-state index in [1.54, 1.807) is 0 Å². The molecule has 0 aliphatic rings. The van der Waals surface area contributed by atoms with Crippen molar-refractivity contribution in [1.82, 2.24) is 10.2 Å². The number of nitriles is 1. The van der Waals surface area contributed by atoms with Gasteiger partial charge >= 0.3 is 0 Å². The molecule has 0 amide bonds. The van der Waals surface area contributed by atoms with E-state index in [9.17, 15) is 5.26 Å². The number of nitrogens with zero attached hydrogens (tertiary/aromatic N) is 3. The van der Waals surface area contributed by atoms with E-state index in [2.05, 4.69) is 37.5 Å². The summed E-state index contributed by atoms with van der Waals surface area (Å²) in [7, 11) is 0. The largest absolute Gasteiger partial charge is 0.338 e. The van der Waals surface area contributed by atoms with Gasteiger partial charge in [-0.25, -0.2) is 0 Å². The standard InChI is InChI=1S/C15H15BrN4/c1-3-12-13(9-17)15(20-19-14(12)4-2)18-11-7-5-6-10(16)8-11/h5-8H,3-4H2,1-2H3,(H,18,20). The molecular formula is C15H15BrN4. The van der Waals surface area contributed by atoms with Crippen LogP contribution in [0.25, 0.3) is 0 Å². The Labute approximate surface area is 127 Å². The molecular weight excluding hydrogens is 316 g/mol. The Morgan fingerprint density at radius 2 is 2.05 bits per heavy atom. The number of halogens is 1. The summed E-state index contributed by atoms with van der Waals surface area (Å²) in [5, 5.41) is 21.0. The van der Waals surface area contributed by atoms with Crippen molar-refractivity contribution in [3.8, 4) is 6.07 Å². The normalized spacial score (nSPS) is 10.1. The highest BCUT2D eigenvalue weighted by molar-refractivity contribution is 9.10. The molecule has 0 bridgehead atoms. The molecule has 4 nitrogen and oxygen atoms in total. The van der Waals surface area contributed by atoms with E-state index in [-0.39, 0.29) is 0 Å². The second kappa shape index (κ2) is 6.49. The Morgan fingerprint density at radius 1 is 1.25 bits per heavy atom. The van der Waals surface area contributed by atoms with Crippen molar-refractivity contribution in [3.05, 3.63) is 45.6 Å². The molecule has 0 fully saturated rings. The second-order valence-electron chi connectivity index (χ2n) is 4.30. The zero-order valence-electron chi connectivity index (χ0n) is 11.4. The molecule has 0 unspecified atom stereocenters. The Kier molecular flexibility index (Phi) is 4.70. The molecule has 1 aromatic carbocycles. The number of benzene rings is 1. The third kappa shape index (κ3) is 2.97. The van der Waals surface area contributed by atoms with Gasteiger partial charge in [0.25, 0.3) is 0 Å². The SMILES string of the molecule is CCc1nnc(Nc2cccc(Br)c2)c(C#N)c1CC. The minimum absolute atomic E-state index is 0.514. The van der Waals surface area contributed by atoms with Gasteiger partial charge in [0.15, 0.2) is 5.82 Å². The molecule has 2 aromatic rings. The Bertz CT molecular complexity index is 661. The lowest BCUT2D eigenvalue weighted by atomic mass is 10.0. The lowest BCUT2D eigenvalue weighted by Gasteiger charge is -2.12. The quantitative estimate of drug-likeness (QED) is 0.920. The van der Waals surface area contributed by atoms with Crippen molar-refractivity contribution in [2.75, 3.05) is 5.32 Å². The minimum Gasteiger partial charge on any atom is -0.338 e. The molecule has 2 rings (SSSR count). The number of hydrogen-bond donors (Lipinski definition) is 1. The number of aromatic nitrogens is 2. The van der Waals surface area contributed by atoms with E-state index in [1.807, 2.05) is 38.1 Å². The highest BCUT2D eigenvalue weighted by Gasteiger charge is 2.14. The second-order valence-corrected chi connectivity index (χ2v) is 5.22. The van der Waals surface area contributed by atoms with Gasteiger partial charge in [-0.2, -0.15) is 10.4 Å². The van der Waals surface area contributed by atoms with Crippen LogP contribution in [0.5, 0.6) is 0 Å². The van der Waals surface area contributed by atoms with Gasteiger partial charge in [-0.1, -0.05) is 35.8 Å². The molecule has 1 aromatic heterocycles. The van der Waals surface area contributed by atoms with Crippen LogP contribution in [0.3, 0.4) is 0 Å². The first-order chi connectivity index (χ1) is 9.69. The van der Waals surface area contributed by atoms with Gasteiger partial charge in [0.05, 0.1) is 5.69 Å². The predicted octanol–water partition coefficient (Wildman–Crippen LogP) is 3.98. The van der Waals surface area contributed by atoms with E-state index in [0.29, 0.717) is 11.4 Å². The summed E-state index contributed by atoms with van der Waals surface area (Å²) in [4.78, 5) is 0. The van der Waals surface area contributed by atoms with Crippen LogP contribution in [-0.4, -0.2) is 10.2 Å². The molecule has 0 aliphatic heterocycles. The van der Waals surface area contributed by atoms with Gasteiger partial charge in [0.1, 0.15) is 11.6 Å². The average Bonchev–Trinajstić information content (AvgIpc) is 2.46. The summed E-state index contributed by atoms with van der Waals surface area (Å²) in [5.41, 5.74) is 3.32. The van der Waals surface area contributed by atoms with Gasteiger partial charge in [-0.3, -0.25) is 0 Å². The van der Waals surface area contributed by atoms with Crippen LogP contribution in [0, 0.1) is 11.3 Å². The lowest BCUT2D eigenvalue weighted by Crippen LogP contribution is -2.07. The van der Waals surface area contributed by atoms with Crippen LogP contribution < -0.4 is 5.32 Å². The fourth-order valence-corrected chi connectivity index (χ4v) is 2.48. The van der Waals surface area contributed by atoms with Crippen molar-refractivity contribution in [3.63, 3.8) is 0 Å². The number of aryl methyl sites for hydroxylation is 1. The molecule has 5 heteroatoms. The van der Waals surface area contributed by atoms with Gasteiger partial charge in [-0.05, 0) is 36.6 Å². The zero-order valence-corrected chi connectivity index (χ0v) is 13.0. The van der Waals surface area contributed by atoms with Gasteiger partial charge in [-0.15, -0.1) is 5.10 Å². The fourth-order valence-electron chi connectivity index (χ4n) is 2.08. The van der Waals surface area contributed by atoms with E-state index >= 15 is 0 Å². The summed E-state index contributed by atoms with van der Waals surface area (Å²) in [6.07, 6.45) is 1.55. The van der Waals surface area contributed by atoms with Crippen LogP contribution in [0.2, 0.25) is 0 Å². The smallest absolute Gasteiger partial charge is 0.171 e. The third-order valence-corrected chi connectivity index (χ3v) is 3.54. The summed E-state index contributed by atoms with van der Waals surface area (Å²) in [6.45, 7) is 4.05. The first kappa shape index (κ1) is 14.5. The highest BCUT2D eigenvalue weighted by Crippen LogP contribution is 2.24. The van der Waals surface area contributed by atoms with Crippen LogP contribution in [0.15, 0.2) is 28.7 Å². The Hall–Kier alpha value is -1.93. The minimum atomic E-state index is 0.514. The van der Waals surface area contributed by atoms with Crippen molar-refractivity contribution in [2.45, 2.75) is 26.7 Å². The summed E-state index contributed by atoms with van der Waals surface area (Å²) >= 11 is 3.42. The van der Waals surface area contributed by atoms with E-state index in [4.69, 9.17) is 0 Å². The van der Waals surface area contributed by atoms with Crippen molar-refractivity contribution in [1.29, 1.82) is 5.26 Å². The number of anilines is 2. The topological polar surface area (TPSA) is 61.6 Å².